The molecular weight excluding hydrogens is 134 g/mol. The lowest BCUT2D eigenvalue weighted by molar-refractivity contribution is 0.499. The van der Waals surface area contributed by atoms with E-state index in [1.54, 1.807) is 0 Å². The van der Waals surface area contributed by atoms with Crippen LogP contribution < -0.4 is 0 Å². The van der Waals surface area contributed by atoms with Crippen LogP contribution in [0.25, 0.3) is 0 Å². The van der Waals surface area contributed by atoms with Crippen molar-refractivity contribution in [2.45, 2.75) is 33.6 Å². The predicted molar refractivity (Wildman–Crippen MR) is 51.5 cm³/mol. The second-order valence-electron chi connectivity index (χ2n) is 3.49. The van der Waals surface area contributed by atoms with Crippen LogP contribution in [0, 0.1) is 5.92 Å². The van der Waals surface area contributed by atoms with Crippen LogP contribution in [-0.2, 0) is 0 Å². The molecule has 0 rings (SSSR count). The Morgan fingerprint density at radius 3 is 2.36 bits per heavy atom. The van der Waals surface area contributed by atoms with Crippen molar-refractivity contribution in [2.24, 2.45) is 5.92 Å². The SMILES string of the molecule is CCC(C)C/C=C(\C)N(C)C. The van der Waals surface area contributed by atoms with E-state index < -0.39 is 0 Å². The Bertz CT molecular complexity index is 125. The minimum Gasteiger partial charge on any atom is -0.381 e. The monoisotopic (exact) mass is 155 g/mol. The first kappa shape index (κ1) is 10.5. The van der Waals surface area contributed by atoms with Crippen molar-refractivity contribution in [1.29, 1.82) is 0 Å². The van der Waals surface area contributed by atoms with E-state index in [4.69, 9.17) is 0 Å². The molecule has 0 bridgehead atoms. The summed E-state index contributed by atoms with van der Waals surface area (Å²) >= 11 is 0. The fourth-order valence-electron chi connectivity index (χ4n) is 0.721. The summed E-state index contributed by atoms with van der Waals surface area (Å²) in [5, 5.41) is 0. The van der Waals surface area contributed by atoms with Crippen LogP contribution in [0.2, 0.25) is 0 Å². The number of allylic oxidation sites excluding steroid dienone is 2. The van der Waals surface area contributed by atoms with Gasteiger partial charge in [0, 0.05) is 19.8 Å². The Morgan fingerprint density at radius 1 is 1.45 bits per heavy atom. The zero-order valence-corrected chi connectivity index (χ0v) is 8.52. The number of rotatable bonds is 4. The minimum atomic E-state index is 0.824. The van der Waals surface area contributed by atoms with Crippen molar-refractivity contribution in [3.8, 4) is 0 Å². The Labute approximate surface area is 71.1 Å². The lowest BCUT2D eigenvalue weighted by Crippen LogP contribution is -2.08. The summed E-state index contributed by atoms with van der Waals surface area (Å²) in [7, 11) is 4.17. The highest BCUT2D eigenvalue weighted by atomic mass is 15.1. The molecule has 1 heteroatoms. The van der Waals surface area contributed by atoms with Crippen molar-refractivity contribution in [2.75, 3.05) is 14.1 Å². The van der Waals surface area contributed by atoms with Crippen molar-refractivity contribution in [1.82, 2.24) is 4.90 Å². The predicted octanol–water partition coefficient (Wildman–Crippen LogP) is 2.89. The maximum atomic E-state index is 2.31. The summed E-state index contributed by atoms with van der Waals surface area (Å²) in [6.07, 6.45) is 4.80. The smallest absolute Gasteiger partial charge is 0.00579 e. The third kappa shape index (κ3) is 4.88. The summed E-state index contributed by atoms with van der Waals surface area (Å²) in [6, 6.07) is 0. The normalized spacial score (nSPS) is 14.8. The average molecular weight is 155 g/mol. The van der Waals surface area contributed by atoms with Crippen LogP contribution in [0.3, 0.4) is 0 Å². The molecule has 0 radical (unpaired) electrons. The molecule has 0 aromatic carbocycles. The molecule has 1 unspecified atom stereocenters. The van der Waals surface area contributed by atoms with E-state index in [9.17, 15) is 0 Å². The van der Waals surface area contributed by atoms with E-state index in [1.807, 2.05) is 0 Å². The fourth-order valence-corrected chi connectivity index (χ4v) is 0.721. The quantitative estimate of drug-likeness (QED) is 0.603. The molecule has 0 spiro atoms. The number of hydrogen-bond acceptors (Lipinski definition) is 1. The summed E-state index contributed by atoms with van der Waals surface area (Å²) < 4.78 is 0. The molecule has 0 fully saturated rings. The molecule has 1 atom stereocenters. The Morgan fingerprint density at radius 2 is 2.00 bits per heavy atom. The number of nitrogens with zero attached hydrogens (tertiary/aromatic N) is 1. The third-order valence-electron chi connectivity index (χ3n) is 2.22. The maximum absolute atomic E-state index is 2.31. The topological polar surface area (TPSA) is 3.24 Å². The van der Waals surface area contributed by atoms with Gasteiger partial charge in [-0.25, -0.2) is 0 Å². The second-order valence-corrected chi connectivity index (χ2v) is 3.49. The molecule has 0 saturated heterocycles. The van der Waals surface area contributed by atoms with E-state index in [2.05, 4.69) is 45.8 Å². The molecule has 0 aliphatic carbocycles. The second kappa shape index (κ2) is 5.22. The van der Waals surface area contributed by atoms with Crippen LogP contribution in [-0.4, -0.2) is 19.0 Å². The van der Waals surface area contributed by atoms with E-state index in [0.717, 1.165) is 5.92 Å². The van der Waals surface area contributed by atoms with Crippen LogP contribution in [0.15, 0.2) is 11.8 Å². The van der Waals surface area contributed by atoms with Crippen LogP contribution >= 0.6 is 0 Å². The van der Waals surface area contributed by atoms with Gasteiger partial charge in [0.25, 0.3) is 0 Å². The highest BCUT2D eigenvalue weighted by molar-refractivity contribution is 4.95. The molecule has 0 heterocycles. The molecule has 0 N–H and O–H groups in total. The van der Waals surface area contributed by atoms with Gasteiger partial charge in [0.1, 0.15) is 0 Å². The Balaban J connectivity index is 3.72. The first-order valence-electron chi connectivity index (χ1n) is 4.42. The maximum Gasteiger partial charge on any atom is 0.00579 e. The first-order valence-corrected chi connectivity index (χ1v) is 4.42. The van der Waals surface area contributed by atoms with Gasteiger partial charge in [-0.1, -0.05) is 26.3 Å². The van der Waals surface area contributed by atoms with Gasteiger partial charge in [0.2, 0.25) is 0 Å². The molecule has 0 aliphatic heterocycles. The molecular formula is C10H21N. The van der Waals surface area contributed by atoms with Crippen molar-refractivity contribution < 1.29 is 0 Å². The van der Waals surface area contributed by atoms with Gasteiger partial charge in [-0.15, -0.1) is 0 Å². The highest BCUT2D eigenvalue weighted by Crippen LogP contribution is 2.09. The van der Waals surface area contributed by atoms with Gasteiger partial charge in [-0.2, -0.15) is 0 Å². The molecule has 1 nitrogen and oxygen atoms in total. The molecule has 0 aromatic rings. The highest BCUT2D eigenvalue weighted by Gasteiger charge is 1.96. The van der Waals surface area contributed by atoms with Crippen LogP contribution in [0.5, 0.6) is 0 Å². The molecule has 66 valence electrons. The number of hydrogen-bond donors (Lipinski definition) is 0. The van der Waals surface area contributed by atoms with Crippen molar-refractivity contribution in [3.05, 3.63) is 11.8 Å². The Kier molecular flexibility index (Phi) is 5.01. The third-order valence-corrected chi connectivity index (χ3v) is 2.22. The molecule has 0 amide bonds. The van der Waals surface area contributed by atoms with Gasteiger partial charge in [0.05, 0.1) is 0 Å². The molecule has 0 aromatic heterocycles. The largest absolute Gasteiger partial charge is 0.381 e. The van der Waals surface area contributed by atoms with E-state index in [0.29, 0.717) is 0 Å². The Hall–Kier alpha value is -0.460. The van der Waals surface area contributed by atoms with Gasteiger partial charge < -0.3 is 4.90 Å². The lowest BCUT2D eigenvalue weighted by Gasteiger charge is -2.13. The zero-order chi connectivity index (χ0) is 8.85. The molecule has 0 saturated carbocycles. The van der Waals surface area contributed by atoms with Crippen molar-refractivity contribution in [3.63, 3.8) is 0 Å². The summed E-state index contributed by atoms with van der Waals surface area (Å²) in [5.74, 6) is 0.824. The van der Waals surface area contributed by atoms with Gasteiger partial charge in [-0.3, -0.25) is 0 Å². The van der Waals surface area contributed by atoms with Crippen molar-refractivity contribution >= 4 is 0 Å². The average Bonchev–Trinajstić information content (AvgIpc) is 1.99. The summed E-state index contributed by atoms with van der Waals surface area (Å²) in [6.45, 7) is 6.69. The molecule has 0 aliphatic rings. The summed E-state index contributed by atoms with van der Waals surface area (Å²) in [4.78, 5) is 2.16. The van der Waals surface area contributed by atoms with E-state index in [1.165, 1.54) is 18.5 Å². The fraction of sp³-hybridized carbons (Fsp3) is 0.800. The minimum absolute atomic E-state index is 0.824. The molecule has 11 heavy (non-hydrogen) atoms. The zero-order valence-electron chi connectivity index (χ0n) is 8.52. The standard InChI is InChI=1S/C10H21N/c1-6-9(2)7-8-10(3)11(4)5/h8-9H,6-7H2,1-5H3/b10-8+. The lowest BCUT2D eigenvalue weighted by atomic mass is 10.0. The summed E-state index contributed by atoms with van der Waals surface area (Å²) in [5.41, 5.74) is 1.37. The van der Waals surface area contributed by atoms with E-state index in [-0.39, 0.29) is 0 Å². The van der Waals surface area contributed by atoms with Gasteiger partial charge in [-0.05, 0) is 19.3 Å². The van der Waals surface area contributed by atoms with Gasteiger partial charge in [0.15, 0.2) is 0 Å². The van der Waals surface area contributed by atoms with E-state index >= 15 is 0 Å². The van der Waals surface area contributed by atoms with Crippen LogP contribution in [0.4, 0.5) is 0 Å². The first-order chi connectivity index (χ1) is 5.07. The van der Waals surface area contributed by atoms with Crippen LogP contribution in [0.1, 0.15) is 33.6 Å². The van der Waals surface area contributed by atoms with Gasteiger partial charge >= 0.3 is 0 Å².